The number of carbonyl (C=O) groups excluding carboxylic acids is 1. The van der Waals surface area contributed by atoms with Crippen molar-refractivity contribution in [3.8, 4) is 5.75 Å². The third-order valence-electron chi connectivity index (χ3n) is 5.28. The Hall–Kier alpha value is -2.84. The van der Waals surface area contributed by atoms with Gasteiger partial charge in [0.05, 0.1) is 16.2 Å². The van der Waals surface area contributed by atoms with Crippen molar-refractivity contribution >= 4 is 46.7 Å². The number of halogens is 2. The van der Waals surface area contributed by atoms with E-state index in [0.29, 0.717) is 27.4 Å². The first-order valence-electron chi connectivity index (χ1n) is 10.3. The molecular formula is C22H24Cl2N4O4. The molecule has 0 aromatic heterocycles. The van der Waals surface area contributed by atoms with Gasteiger partial charge >= 0.3 is 0 Å². The first-order chi connectivity index (χ1) is 15.4. The van der Waals surface area contributed by atoms with Crippen LogP contribution in [0, 0.1) is 10.1 Å². The number of anilines is 1. The van der Waals surface area contributed by atoms with Crippen LogP contribution in [0.5, 0.6) is 5.75 Å². The van der Waals surface area contributed by atoms with Crippen LogP contribution in [-0.4, -0.2) is 36.2 Å². The number of nitro benzene ring substituents is 1. The summed E-state index contributed by atoms with van der Waals surface area (Å²) in [7, 11) is 0. The average Bonchev–Trinajstić information content (AvgIpc) is 2.78. The molecular weight excluding hydrogens is 455 g/mol. The number of hydrogen-bond donors (Lipinski definition) is 1. The zero-order chi connectivity index (χ0) is 23.1. The van der Waals surface area contributed by atoms with Crippen molar-refractivity contribution in [2.45, 2.75) is 38.6 Å². The predicted octanol–water partition coefficient (Wildman–Crippen LogP) is 5.20. The van der Waals surface area contributed by atoms with Gasteiger partial charge < -0.3 is 9.64 Å². The summed E-state index contributed by atoms with van der Waals surface area (Å²) in [5.74, 6) is -0.171. The average molecular weight is 479 g/mol. The minimum Gasteiger partial charge on any atom is -0.482 e. The summed E-state index contributed by atoms with van der Waals surface area (Å²) < 4.78 is 5.38. The van der Waals surface area contributed by atoms with E-state index in [1.165, 1.54) is 30.8 Å². The highest BCUT2D eigenvalue weighted by molar-refractivity contribution is 6.35. The number of amides is 1. The largest absolute Gasteiger partial charge is 0.482 e. The molecule has 3 rings (SSSR count). The Kier molecular flexibility index (Phi) is 8.30. The van der Waals surface area contributed by atoms with Gasteiger partial charge in [-0.1, -0.05) is 30.1 Å². The lowest BCUT2D eigenvalue weighted by molar-refractivity contribution is -0.384. The number of carbonyl (C=O) groups is 1. The number of nitro groups is 1. The van der Waals surface area contributed by atoms with Gasteiger partial charge in [0, 0.05) is 41.0 Å². The van der Waals surface area contributed by atoms with Crippen LogP contribution in [0.4, 0.5) is 11.4 Å². The highest BCUT2D eigenvalue weighted by Gasteiger charge is 2.24. The summed E-state index contributed by atoms with van der Waals surface area (Å²) in [5.41, 5.74) is 3.79. The molecule has 0 bridgehead atoms. The summed E-state index contributed by atoms with van der Waals surface area (Å²) in [6.45, 7) is 2.71. The molecule has 0 radical (unpaired) electrons. The van der Waals surface area contributed by atoms with Crippen molar-refractivity contribution in [1.82, 2.24) is 5.43 Å². The van der Waals surface area contributed by atoms with Crippen molar-refractivity contribution < 1.29 is 14.5 Å². The second-order valence-corrected chi connectivity index (χ2v) is 8.25. The molecule has 8 nitrogen and oxygen atoms in total. The minimum atomic E-state index is -0.497. The van der Waals surface area contributed by atoms with E-state index in [1.54, 1.807) is 18.2 Å². The van der Waals surface area contributed by atoms with Crippen LogP contribution in [0.1, 0.15) is 38.2 Å². The summed E-state index contributed by atoms with van der Waals surface area (Å²) in [5, 5.41) is 16.0. The molecule has 0 aliphatic carbocycles. The number of nitrogens with one attached hydrogen (secondary N) is 1. The second-order valence-electron chi connectivity index (χ2n) is 7.41. The Morgan fingerprint density at radius 2 is 2.12 bits per heavy atom. The molecule has 0 saturated carbocycles. The molecule has 2 aromatic rings. The molecule has 1 aliphatic heterocycles. The number of rotatable bonds is 8. The van der Waals surface area contributed by atoms with Crippen molar-refractivity contribution in [2.24, 2.45) is 5.10 Å². The Balaban J connectivity index is 1.70. The van der Waals surface area contributed by atoms with Gasteiger partial charge in [0.2, 0.25) is 0 Å². The van der Waals surface area contributed by atoms with Crippen LogP contribution in [0.3, 0.4) is 0 Å². The van der Waals surface area contributed by atoms with Crippen LogP contribution in [-0.2, 0) is 4.79 Å². The summed E-state index contributed by atoms with van der Waals surface area (Å²) in [4.78, 5) is 25.2. The maximum atomic E-state index is 12.1. The van der Waals surface area contributed by atoms with Gasteiger partial charge in [-0.2, -0.15) is 5.10 Å². The van der Waals surface area contributed by atoms with Crippen molar-refractivity contribution in [3.05, 3.63) is 62.1 Å². The molecule has 10 heteroatoms. The first-order valence-corrected chi connectivity index (χ1v) is 11.1. The molecule has 170 valence electrons. The maximum absolute atomic E-state index is 12.1. The second kappa shape index (κ2) is 11.2. The van der Waals surface area contributed by atoms with E-state index in [2.05, 4.69) is 22.4 Å². The van der Waals surface area contributed by atoms with Gasteiger partial charge in [-0.3, -0.25) is 14.9 Å². The lowest BCUT2D eigenvalue weighted by Crippen LogP contribution is -2.39. The third-order valence-corrected chi connectivity index (χ3v) is 5.81. The Morgan fingerprint density at radius 3 is 2.84 bits per heavy atom. The number of non-ortho nitro benzene ring substituents is 1. The van der Waals surface area contributed by atoms with Crippen LogP contribution in [0.2, 0.25) is 10.0 Å². The molecule has 1 aliphatic rings. The van der Waals surface area contributed by atoms with Gasteiger partial charge in [0.1, 0.15) is 5.75 Å². The van der Waals surface area contributed by atoms with Crippen molar-refractivity contribution in [1.29, 1.82) is 0 Å². The van der Waals surface area contributed by atoms with Crippen molar-refractivity contribution in [2.75, 3.05) is 18.1 Å². The lowest BCUT2D eigenvalue weighted by atomic mass is 9.98. The SMILES string of the molecule is CC[C@H]1CCCCN1c1ccc([N+](=O)[O-])cc1/C=N\NC(=O)COc1ccc(Cl)cc1Cl. The summed E-state index contributed by atoms with van der Waals surface area (Å²) in [6, 6.07) is 9.77. The third kappa shape index (κ3) is 6.11. The highest BCUT2D eigenvalue weighted by atomic mass is 35.5. The smallest absolute Gasteiger partial charge is 0.277 e. The highest BCUT2D eigenvalue weighted by Crippen LogP contribution is 2.31. The lowest BCUT2D eigenvalue weighted by Gasteiger charge is -2.38. The van der Waals surface area contributed by atoms with Gasteiger partial charge in [-0.25, -0.2) is 5.43 Å². The molecule has 2 aromatic carbocycles. The fourth-order valence-corrected chi connectivity index (χ4v) is 4.17. The van der Waals surface area contributed by atoms with E-state index in [9.17, 15) is 14.9 Å². The van der Waals surface area contributed by atoms with E-state index in [1.807, 2.05) is 0 Å². The van der Waals surface area contributed by atoms with Crippen LogP contribution < -0.4 is 15.1 Å². The molecule has 1 saturated heterocycles. The van der Waals surface area contributed by atoms with Crippen LogP contribution >= 0.6 is 23.2 Å². The zero-order valence-corrected chi connectivity index (χ0v) is 19.1. The fourth-order valence-electron chi connectivity index (χ4n) is 3.70. The van der Waals surface area contributed by atoms with Crippen molar-refractivity contribution in [3.63, 3.8) is 0 Å². The molecule has 32 heavy (non-hydrogen) atoms. The Morgan fingerprint density at radius 1 is 1.31 bits per heavy atom. The number of nitrogens with zero attached hydrogens (tertiary/aromatic N) is 3. The zero-order valence-electron chi connectivity index (χ0n) is 17.6. The quantitative estimate of drug-likeness (QED) is 0.319. The van der Waals surface area contributed by atoms with Gasteiger partial charge in [-0.15, -0.1) is 0 Å². The molecule has 1 amide bonds. The number of benzene rings is 2. The normalized spacial score (nSPS) is 16.2. The summed E-state index contributed by atoms with van der Waals surface area (Å²) >= 11 is 11.9. The molecule has 0 spiro atoms. The van der Waals surface area contributed by atoms with E-state index in [-0.39, 0.29) is 12.3 Å². The van der Waals surface area contributed by atoms with Crippen LogP contribution in [0.25, 0.3) is 0 Å². The number of hydrogen-bond acceptors (Lipinski definition) is 6. The number of hydrazone groups is 1. The predicted molar refractivity (Wildman–Crippen MR) is 126 cm³/mol. The first kappa shape index (κ1) is 23.8. The molecule has 1 fully saturated rings. The molecule has 1 N–H and O–H groups in total. The monoisotopic (exact) mass is 478 g/mol. The van der Waals surface area contributed by atoms with Crippen LogP contribution in [0.15, 0.2) is 41.5 Å². The van der Waals surface area contributed by atoms with E-state index in [4.69, 9.17) is 27.9 Å². The topological polar surface area (TPSA) is 97.1 Å². The maximum Gasteiger partial charge on any atom is 0.277 e. The number of ether oxygens (including phenoxy) is 1. The Bertz CT molecular complexity index is 1020. The van der Waals surface area contributed by atoms with E-state index in [0.717, 1.165) is 31.5 Å². The summed E-state index contributed by atoms with van der Waals surface area (Å²) in [6.07, 6.45) is 5.71. The van der Waals surface area contributed by atoms with Gasteiger partial charge in [0.25, 0.3) is 11.6 Å². The molecule has 1 heterocycles. The minimum absolute atomic E-state index is 0.0349. The molecule has 1 atom stereocenters. The fraction of sp³-hybridized carbons (Fsp3) is 0.364. The Labute approximate surface area is 196 Å². The van der Waals surface area contributed by atoms with Gasteiger partial charge in [0.15, 0.2) is 6.61 Å². The van der Waals surface area contributed by atoms with Gasteiger partial charge in [-0.05, 0) is 49.9 Å². The van der Waals surface area contributed by atoms with E-state index < -0.39 is 10.8 Å². The number of piperidine rings is 1. The standard InChI is InChI=1S/C22H24Cl2N4O4/c1-2-17-5-3-4-10-27(17)20-8-7-18(28(30)31)11-15(20)13-25-26-22(29)14-32-21-9-6-16(23)12-19(21)24/h6-9,11-13,17H,2-5,10,14H2,1H3,(H,26,29)/b25-13-/t17-/m0/s1. The van der Waals surface area contributed by atoms with E-state index >= 15 is 0 Å². The molecule has 0 unspecified atom stereocenters.